The standard InChI is InChI=1S/C17H24N6O/c18-15-4-3-14-16(21-15)19-12-20-17(14)23-5-1-2-13(11-23)10-22-6-8-24-9-7-22/h3-4,12-13H,1-2,5-11H2,(H2,18,19,20,21)/t13-/m1/s1. The van der Waals surface area contributed by atoms with Gasteiger partial charge < -0.3 is 15.4 Å². The van der Waals surface area contributed by atoms with Gasteiger partial charge in [-0.1, -0.05) is 0 Å². The van der Waals surface area contributed by atoms with Crippen molar-refractivity contribution in [2.24, 2.45) is 5.92 Å². The van der Waals surface area contributed by atoms with Crippen LogP contribution < -0.4 is 10.6 Å². The summed E-state index contributed by atoms with van der Waals surface area (Å²) in [6.45, 7) is 7.05. The average molecular weight is 328 g/mol. The number of fused-ring (bicyclic) bond motifs is 1. The van der Waals surface area contributed by atoms with Gasteiger partial charge in [-0.3, -0.25) is 4.90 Å². The zero-order valence-electron chi connectivity index (χ0n) is 13.9. The predicted octanol–water partition coefficient (Wildman–Crippen LogP) is 1.16. The number of hydrogen-bond donors (Lipinski definition) is 1. The third kappa shape index (κ3) is 3.27. The molecule has 0 aromatic carbocycles. The van der Waals surface area contributed by atoms with Crippen LogP contribution in [0, 0.1) is 5.92 Å². The van der Waals surface area contributed by atoms with Crippen molar-refractivity contribution in [3.63, 3.8) is 0 Å². The summed E-state index contributed by atoms with van der Waals surface area (Å²) in [5.74, 6) is 2.15. The second kappa shape index (κ2) is 6.86. The Morgan fingerprint density at radius 1 is 1.17 bits per heavy atom. The SMILES string of the molecule is Nc1ccc2c(N3CCC[C@H](CN4CCOCC4)C3)ncnc2n1. The van der Waals surface area contributed by atoms with Crippen molar-refractivity contribution in [1.82, 2.24) is 19.9 Å². The second-order valence-electron chi connectivity index (χ2n) is 6.67. The topological polar surface area (TPSA) is 80.4 Å². The van der Waals surface area contributed by atoms with Gasteiger partial charge in [0.05, 0.1) is 18.6 Å². The molecule has 2 fully saturated rings. The first kappa shape index (κ1) is 15.5. The van der Waals surface area contributed by atoms with Crippen LogP contribution in [0.1, 0.15) is 12.8 Å². The molecular formula is C17H24N6O. The zero-order valence-corrected chi connectivity index (χ0v) is 13.9. The summed E-state index contributed by atoms with van der Waals surface area (Å²) in [4.78, 5) is 18.0. The highest BCUT2D eigenvalue weighted by Gasteiger charge is 2.25. The van der Waals surface area contributed by atoms with Crippen molar-refractivity contribution in [2.75, 3.05) is 56.6 Å². The monoisotopic (exact) mass is 328 g/mol. The van der Waals surface area contributed by atoms with E-state index in [1.165, 1.54) is 12.8 Å². The van der Waals surface area contributed by atoms with Gasteiger partial charge in [0.15, 0.2) is 5.65 Å². The fourth-order valence-electron chi connectivity index (χ4n) is 3.75. The van der Waals surface area contributed by atoms with E-state index in [0.29, 0.717) is 17.4 Å². The molecule has 2 aromatic rings. The molecule has 7 heteroatoms. The number of rotatable bonds is 3. The molecule has 2 aliphatic rings. The molecule has 0 bridgehead atoms. The maximum absolute atomic E-state index is 5.78. The summed E-state index contributed by atoms with van der Waals surface area (Å²) < 4.78 is 5.45. The Morgan fingerprint density at radius 2 is 2.04 bits per heavy atom. The van der Waals surface area contributed by atoms with Crippen molar-refractivity contribution in [3.05, 3.63) is 18.5 Å². The van der Waals surface area contributed by atoms with Crippen molar-refractivity contribution >= 4 is 22.7 Å². The summed E-state index contributed by atoms with van der Waals surface area (Å²) in [5.41, 5.74) is 6.45. The van der Waals surface area contributed by atoms with Crippen LogP contribution >= 0.6 is 0 Å². The first-order valence-electron chi connectivity index (χ1n) is 8.72. The van der Waals surface area contributed by atoms with Crippen molar-refractivity contribution in [3.8, 4) is 0 Å². The summed E-state index contributed by atoms with van der Waals surface area (Å²) >= 11 is 0. The van der Waals surface area contributed by atoms with Crippen LogP contribution in [0.3, 0.4) is 0 Å². The Hall–Kier alpha value is -1.99. The highest BCUT2D eigenvalue weighted by molar-refractivity contribution is 5.87. The van der Waals surface area contributed by atoms with Crippen molar-refractivity contribution in [1.29, 1.82) is 0 Å². The van der Waals surface area contributed by atoms with Gasteiger partial charge >= 0.3 is 0 Å². The molecule has 0 saturated carbocycles. The van der Waals surface area contributed by atoms with E-state index in [0.717, 1.165) is 57.1 Å². The zero-order chi connectivity index (χ0) is 16.4. The van der Waals surface area contributed by atoms with E-state index in [1.54, 1.807) is 6.33 Å². The summed E-state index contributed by atoms with van der Waals surface area (Å²) in [5, 5.41) is 0.985. The fraction of sp³-hybridized carbons (Fsp3) is 0.588. The molecule has 2 N–H and O–H groups in total. The summed E-state index contributed by atoms with van der Waals surface area (Å²) in [6.07, 6.45) is 4.07. The van der Waals surface area contributed by atoms with Crippen LogP contribution in [0.4, 0.5) is 11.6 Å². The van der Waals surface area contributed by atoms with Gasteiger partial charge in [-0.2, -0.15) is 0 Å². The van der Waals surface area contributed by atoms with Crippen LogP contribution in [0.15, 0.2) is 18.5 Å². The number of hydrogen-bond acceptors (Lipinski definition) is 7. The third-order valence-electron chi connectivity index (χ3n) is 4.94. The lowest BCUT2D eigenvalue weighted by Gasteiger charge is -2.37. The normalized spacial score (nSPS) is 22.8. The Morgan fingerprint density at radius 3 is 2.92 bits per heavy atom. The average Bonchev–Trinajstić information content (AvgIpc) is 2.62. The Labute approximate surface area is 141 Å². The lowest BCUT2D eigenvalue weighted by Crippen LogP contribution is -2.44. The molecule has 2 aromatic heterocycles. The number of nitrogens with two attached hydrogens (primary N) is 1. The first-order chi connectivity index (χ1) is 11.8. The largest absolute Gasteiger partial charge is 0.384 e. The number of nitrogens with zero attached hydrogens (tertiary/aromatic N) is 5. The van der Waals surface area contributed by atoms with Crippen LogP contribution in [0.25, 0.3) is 11.0 Å². The molecule has 0 unspecified atom stereocenters. The molecule has 4 rings (SSSR count). The predicted molar refractivity (Wildman–Crippen MR) is 93.9 cm³/mol. The second-order valence-corrected chi connectivity index (χ2v) is 6.67. The molecular weight excluding hydrogens is 304 g/mol. The summed E-state index contributed by atoms with van der Waals surface area (Å²) in [6, 6.07) is 3.81. The molecule has 0 spiro atoms. The molecule has 128 valence electrons. The molecule has 7 nitrogen and oxygen atoms in total. The number of anilines is 2. The van der Waals surface area contributed by atoms with E-state index in [2.05, 4.69) is 24.8 Å². The van der Waals surface area contributed by atoms with E-state index in [9.17, 15) is 0 Å². The number of piperidine rings is 1. The Balaban J connectivity index is 1.51. The highest BCUT2D eigenvalue weighted by Crippen LogP contribution is 2.27. The molecule has 0 aliphatic carbocycles. The Bertz CT molecular complexity index is 703. The van der Waals surface area contributed by atoms with Crippen LogP contribution in [-0.4, -0.2) is 65.8 Å². The molecule has 24 heavy (non-hydrogen) atoms. The maximum atomic E-state index is 5.78. The highest BCUT2D eigenvalue weighted by atomic mass is 16.5. The third-order valence-corrected chi connectivity index (χ3v) is 4.94. The molecule has 4 heterocycles. The molecule has 1 atom stereocenters. The smallest absolute Gasteiger partial charge is 0.166 e. The van der Waals surface area contributed by atoms with Crippen LogP contribution in [-0.2, 0) is 4.74 Å². The quantitative estimate of drug-likeness (QED) is 0.905. The number of morpholine rings is 1. The minimum absolute atomic E-state index is 0.496. The molecule has 0 radical (unpaired) electrons. The van der Waals surface area contributed by atoms with E-state index >= 15 is 0 Å². The van der Waals surface area contributed by atoms with Crippen molar-refractivity contribution < 1.29 is 4.74 Å². The summed E-state index contributed by atoms with van der Waals surface area (Å²) in [7, 11) is 0. The van der Waals surface area contributed by atoms with Gasteiger partial charge in [-0.05, 0) is 30.9 Å². The number of pyridine rings is 1. The van der Waals surface area contributed by atoms with Crippen molar-refractivity contribution in [2.45, 2.75) is 12.8 Å². The first-order valence-corrected chi connectivity index (χ1v) is 8.72. The van der Waals surface area contributed by atoms with Gasteiger partial charge in [0.2, 0.25) is 0 Å². The molecule has 2 saturated heterocycles. The maximum Gasteiger partial charge on any atom is 0.166 e. The van der Waals surface area contributed by atoms with Crippen LogP contribution in [0.5, 0.6) is 0 Å². The lowest BCUT2D eigenvalue weighted by atomic mass is 9.97. The Kier molecular flexibility index (Phi) is 4.44. The molecule has 2 aliphatic heterocycles. The number of ether oxygens (including phenoxy) is 1. The van der Waals surface area contributed by atoms with E-state index in [1.807, 2.05) is 12.1 Å². The van der Waals surface area contributed by atoms with Gasteiger partial charge in [0, 0.05) is 32.7 Å². The van der Waals surface area contributed by atoms with E-state index in [4.69, 9.17) is 10.5 Å². The molecule has 0 amide bonds. The van der Waals surface area contributed by atoms with E-state index < -0.39 is 0 Å². The number of nitrogen functional groups attached to an aromatic ring is 1. The van der Waals surface area contributed by atoms with Gasteiger partial charge in [-0.25, -0.2) is 15.0 Å². The lowest BCUT2D eigenvalue weighted by molar-refractivity contribution is 0.0296. The fourth-order valence-corrected chi connectivity index (χ4v) is 3.75. The van der Waals surface area contributed by atoms with Gasteiger partial charge in [-0.15, -0.1) is 0 Å². The van der Waals surface area contributed by atoms with Gasteiger partial charge in [0.25, 0.3) is 0 Å². The van der Waals surface area contributed by atoms with Crippen LogP contribution in [0.2, 0.25) is 0 Å². The number of aromatic nitrogens is 3. The van der Waals surface area contributed by atoms with E-state index in [-0.39, 0.29) is 0 Å². The van der Waals surface area contributed by atoms with Gasteiger partial charge in [0.1, 0.15) is 18.0 Å². The minimum Gasteiger partial charge on any atom is -0.384 e. The minimum atomic E-state index is 0.496.